The number of halogens is 1. The monoisotopic (exact) mass is 435 g/mol. The van der Waals surface area contributed by atoms with E-state index in [2.05, 4.69) is 10.6 Å². The second-order valence-electron chi connectivity index (χ2n) is 6.27. The van der Waals surface area contributed by atoms with E-state index in [1.54, 1.807) is 17.8 Å². The molecule has 2 amide bonds. The number of amides is 2. The summed E-state index contributed by atoms with van der Waals surface area (Å²) >= 11 is 7.35. The number of carbonyl (C=O) groups is 2. The van der Waals surface area contributed by atoms with Crippen LogP contribution in [0.4, 0.5) is 11.4 Å². The molecule has 0 aliphatic rings. The molecule has 0 aliphatic heterocycles. The molecule has 9 heteroatoms. The summed E-state index contributed by atoms with van der Waals surface area (Å²) in [5.41, 5.74) is 1.44. The molecule has 1 atom stereocenters. The summed E-state index contributed by atoms with van der Waals surface area (Å²) in [6.45, 7) is 2.02. The Labute approximate surface area is 178 Å². The molecule has 0 saturated heterocycles. The number of thioether (sulfide) groups is 1. The summed E-state index contributed by atoms with van der Waals surface area (Å²) < 4.78 is 0. The summed E-state index contributed by atoms with van der Waals surface area (Å²) in [6, 6.07) is 10.5. The molecule has 0 aliphatic carbocycles. The number of benzene rings is 2. The van der Waals surface area contributed by atoms with Crippen LogP contribution in [0.5, 0.6) is 0 Å². The topological polar surface area (TPSA) is 101 Å². The first kappa shape index (κ1) is 22.7. The highest BCUT2D eigenvalue weighted by Crippen LogP contribution is 2.25. The van der Waals surface area contributed by atoms with Gasteiger partial charge in [0.15, 0.2) is 0 Å². The van der Waals surface area contributed by atoms with Crippen molar-refractivity contribution in [3.8, 4) is 0 Å². The maximum absolute atomic E-state index is 12.7. The first-order chi connectivity index (χ1) is 13.8. The van der Waals surface area contributed by atoms with Gasteiger partial charge in [-0.2, -0.15) is 11.8 Å². The minimum Gasteiger partial charge on any atom is -0.340 e. The smallest absolute Gasteiger partial charge is 0.288 e. The van der Waals surface area contributed by atoms with Crippen molar-refractivity contribution in [1.29, 1.82) is 0 Å². The van der Waals surface area contributed by atoms with Gasteiger partial charge in [0.1, 0.15) is 11.1 Å². The van der Waals surface area contributed by atoms with Gasteiger partial charge in [-0.15, -0.1) is 0 Å². The minimum atomic E-state index is -0.782. The summed E-state index contributed by atoms with van der Waals surface area (Å²) in [5, 5.41) is 16.5. The lowest BCUT2D eigenvalue weighted by Crippen LogP contribution is -2.44. The molecule has 2 aromatic rings. The van der Waals surface area contributed by atoms with Gasteiger partial charge in [0.25, 0.3) is 11.6 Å². The number of nitrogens with one attached hydrogen (secondary N) is 2. The zero-order valence-electron chi connectivity index (χ0n) is 16.1. The van der Waals surface area contributed by atoms with E-state index >= 15 is 0 Å². The van der Waals surface area contributed by atoms with E-state index in [1.807, 2.05) is 31.4 Å². The van der Waals surface area contributed by atoms with E-state index in [0.717, 1.165) is 18.1 Å². The molecule has 154 valence electrons. The SMILES string of the molecule is CCc1cccc(NC(=O)C(CCSC)NC(=O)c2ccc(Cl)c([N+](=O)[O-])c2)c1. The number of aryl methyl sites for hydroxylation is 1. The normalized spacial score (nSPS) is 11.6. The Balaban J connectivity index is 2.16. The van der Waals surface area contributed by atoms with Crippen molar-refractivity contribution in [1.82, 2.24) is 5.32 Å². The zero-order chi connectivity index (χ0) is 21.4. The largest absolute Gasteiger partial charge is 0.340 e. The van der Waals surface area contributed by atoms with Crippen molar-refractivity contribution in [2.45, 2.75) is 25.8 Å². The molecule has 0 spiro atoms. The van der Waals surface area contributed by atoms with Crippen LogP contribution in [0.15, 0.2) is 42.5 Å². The highest BCUT2D eigenvalue weighted by Gasteiger charge is 2.23. The highest BCUT2D eigenvalue weighted by atomic mass is 35.5. The van der Waals surface area contributed by atoms with Gasteiger partial charge >= 0.3 is 0 Å². The Morgan fingerprint density at radius 3 is 2.66 bits per heavy atom. The van der Waals surface area contributed by atoms with E-state index < -0.39 is 16.9 Å². The number of rotatable bonds is 9. The molecule has 0 bridgehead atoms. The second-order valence-corrected chi connectivity index (χ2v) is 7.67. The summed E-state index contributed by atoms with van der Waals surface area (Å²) in [6.07, 6.45) is 3.16. The molecule has 2 rings (SSSR count). The van der Waals surface area contributed by atoms with Crippen LogP contribution in [0.2, 0.25) is 5.02 Å². The van der Waals surface area contributed by atoms with Crippen molar-refractivity contribution in [2.24, 2.45) is 0 Å². The maximum atomic E-state index is 12.7. The number of nitrogens with zero attached hydrogens (tertiary/aromatic N) is 1. The van der Waals surface area contributed by atoms with Crippen LogP contribution < -0.4 is 10.6 Å². The Morgan fingerprint density at radius 1 is 1.24 bits per heavy atom. The van der Waals surface area contributed by atoms with Crippen molar-refractivity contribution in [2.75, 3.05) is 17.3 Å². The van der Waals surface area contributed by atoms with Gasteiger partial charge in [-0.05, 0) is 54.7 Å². The maximum Gasteiger partial charge on any atom is 0.288 e. The van der Waals surface area contributed by atoms with Gasteiger partial charge in [-0.25, -0.2) is 0 Å². The van der Waals surface area contributed by atoms with Crippen LogP contribution in [-0.4, -0.2) is 34.8 Å². The third kappa shape index (κ3) is 6.47. The molecule has 1 unspecified atom stereocenters. The van der Waals surface area contributed by atoms with Crippen LogP contribution in [0, 0.1) is 10.1 Å². The molecular weight excluding hydrogens is 414 g/mol. The summed E-state index contributed by atoms with van der Waals surface area (Å²) in [4.78, 5) is 35.7. The number of hydrogen-bond donors (Lipinski definition) is 2. The van der Waals surface area contributed by atoms with Gasteiger partial charge in [-0.1, -0.05) is 30.7 Å². The predicted molar refractivity (Wildman–Crippen MR) is 117 cm³/mol. The number of nitro groups is 1. The Morgan fingerprint density at radius 2 is 2.00 bits per heavy atom. The van der Waals surface area contributed by atoms with Crippen molar-refractivity contribution < 1.29 is 14.5 Å². The molecule has 7 nitrogen and oxygen atoms in total. The molecule has 0 radical (unpaired) electrons. The van der Waals surface area contributed by atoms with Crippen LogP contribution in [0.25, 0.3) is 0 Å². The summed E-state index contributed by atoms with van der Waals surface area (Å²) in [7, 11) is 0. The standard InChI is InChI=1S/C20H22ClN3O4S/c1-3-13-5-4-6-15(11-13)22-20(26)17(9-10-29-2)23-19(25)14-7-8-16(21)18(12-14)24(27)28/h4-8,11-12,17H,3,9-10H2,1-2H3,(H,22,26)(H,23,25). The van der Waals surface area contributed by atoms with Crippen LogP contribution in [0.1, 0.15) is 29.3 Å². The third-order valence-electron chi connectivity index (χ3n) is 4.24. The lowest BCUT2D eigenvalue weighted by atomic mass is 10.1. The zero-order valence-corrected chi connectivity index (χ0v) is 17.7. The molecule has 0 aromatic heterocycles. The van der Waals surface area contributed by atoms with E-state index in [9.17, 15) is 19.7 Å². The van der Waals surface area contributed by atoms with Crippen molar-refractivity contribution >= 4 is 46.6 Å². The fourth-order valence-electron chi connectivity index (χ4n) is 2.64. The lowest BCUT2D eigenvalue weighted by molar-refractivity contribution is -0.384. The first-order valence-electron chi connectivity index (χ1n) is 8.99. The molecular formula is C20H22ClN3O4S. The lowest BCUT2D eigenvalue weighted by Gasteiger charge is -2.18. The third-order valence-corrected chi connectivity index (χ3v) is 5.20. The van der Waals surface area contributed by atoms with Crippen LogP contribution in [0.3, 0.4) is 0 Å². The quantitative estimate of drug-likeness (QED) is 0.451. The first-order valence-corrected chi connectivity index (χ1v) is 10.8. The Hall–Kier alpha value is -2.58. The average Bonchev–Trinajstić information content (AvgIpc) is 2.71. The predicted octanol–water partition coefficient (Wildman–Crippen LogP) is 4.30. The Bertz CT molecular complexity index is 907. The van der Waals surface area contributed by atoms with Crippen molar-refractivity contribution in [3.63, 3.8) is 0 Å². The molecule has 0 saturated carbocycles. The van der Waals surface area contributed by atoms with E-state index in [4.69, 9.17) is 11.6 Å². The fraction of sp³-hybridized carbons (Fsp3) is 0.300. The molecule has 2 aromatic carbocycles. The number of carbonyl (C=O) groups excluding carboxylic acids is 2. The average molecular weight is 436 g/mol. The molecule has 2 N–H and O–H groups in total. The van der Waals surface area contributed by atoms with Gasteiger partial charge in [0.2, 0.25) is 5.91 Å². The number of nitro benzene ring substituents is 1. The number of hydrogen-bond acceptors (Lipinski definition) is 5. The minimum absolute atomic E-state index is 0.0565. The second kappa shape index (κ2) is 10.8. The van der Waals surface area contributed by atoms with Gasteiger partial charge < -0.3 is 10.6 Å². The van der Waals surface area contributed by atoms with Crippen molar-refractivity contribution in [3.05, 3.63) is 68.7 Å². The van der Waals surface area contributed by atoms with Gasteiger partial charge in [-0.3, -0.25) is 19.7 Å². The van der Waals surface area contributed by atoms with E-state index in [0.29, 0.717) is 17.9 Å². The number of anilines is 1. The Kier molecular flexibility index (Phi) is 8.48. The van der Waals surface area contributed by atoms with Crippen LogP contribution >= 0.6 is 23.4 Å². The van der Waals surface area contributed by atoms with Crippen LogP contribution in [-0.2, 0) is 11.2 Å². The van der Waals surface area contributed by atoms with E-state index in [-0.39, 0.29) is 22.2 Å². The molecule has 29 heavy (non-hydrogen) atoms. The molecule has 0 fully saturated rings. The summed E-state index contributed by atoms with van der Waals surface area (Å²) in [5.74, 6) is -0.258. The van der Waals surface area contributed by atoms with Gasteiger partial charge in [0, 0.05) is 17.3 Å². The van der Waals surface area contributed by atoms with E-state index in [1.165, 1.54) is 12.1 Å². The molecule has 0 heterocycles. The highest BCUT2D eigenvalue weighted by molar-refractivity contribution is 7.98. The van der Waals surface area contributed by atoms with Gasteiger partial charge in [0.05, 0.1) is 4.92 Å². The fourth-order valence-corrected chi connectivity index (χ4v) is 3.30.